The Morgan fingerprint density at radius 3 is 2.89 bits per heavy atom. The van der Waals surface area contributed by atoms with E-state index in [4.69, 9.17) is 4.74 Å². The van der Waals surface area contributed by atoms with Crippen LogP contribution in [0.15, 0.2) is 36.4 Å². The molecule has 0 unspecified atom stereocenters. The van der Waals surface area contributed by atoms with E-state index in [1.807, 2.05) is 6.07 Å². The molecule has 94 valence electrons. The normalized spacial score (nSPS) is 31.1. The van der Waals surface area contributed by atoms with Crippen LogP contribution in [0, 0.1) is 0 Å². The summed E-state index contributed by atoms with van der Waals surface area (Å²) in [7, 11) is 0. The van der Waals surface area contributed by atoms with Crippen molar-refractivity contribution in [2.45, 2.75) is 36.1 Å². The number of hydrogen-bond donors (Lipinski definition) is 0. The second-order valence-corrected chi connectivity index (χ2v) is 6.07. The number of aryl methyl sites for hydroxylation is 1. The summed E-state index contributed by atoms with van der Waals surface area (Å²) in [6.45, 7) is 3.81. The van der Waals surface area contributed by atoms with E-state index in [9.17, 15) is 4.79 Å². The highest BCUT2D eigenvalue weighted by molar-refractivity contribution is 9.09. The summed E-state index contributed by atoms with van der Waals surface area (Å²) < 4.78 is 5.67. The molecule has 18 heavy (non-hydrogen) atoms. The molecule has 0 amide bonds. The van der Waals surface area contributed by atoms with Crippen molar-refractivity contribution < 1.29 is 9.53 Å². The van der Waals surface area contributed by atoms with Crippen molar-refractivity contribution in [2.75, 3.05) is 0 Å². The Labute approximate surface area is 115 Å². The van der Waals surface area contributed by atoms with Crippen LogP contribution < -0.4 is 0 Å². The minimum atomic E-state index is -0.430. The zero-order chi connectivity index (χ0) is 12.8. The molecule has 2 nitrogen and oxygen atoms in total. The second-order valence-electron chi connectivity index (χ2n) is 5.15. The van der Waals surface area contributed by atoms with Crippen LogP contribution in [0.4, 0.5) is 0 Å². The number of rotatable bonds is 0. The van der Waals surface area contributed by atoms with Gasteiger partial charge in [0, 0.05) is 12.0 Å². The van der Waals surface area contributed by atoms with Gasteiger partial charge in [0.05, 0.1) is 4.83 Å². The molecule has 3 heteroatoms. The van der Waals surface area contributed by atoms with Crippen LogP contribution in [0.2, 0.25) is 0 Å². The van der Waals surface area contributed by atoms with Crippen LogP contribution in [0.25, 0.3) is 0 Å². The smallest absolute Gasteiger partial charge is 0.334 e. The van der Waals surface area contributed by atoms with Gasteiger partial charge in [0.15, 0.2) is 0 Å². The van der Waals surface area contributed by atoms with E-state index in [0.717, 1.165) is 19.3 Å². The van der Waals surface area contributed by atoms with Gasteiger partial charge < -0.3 is 4.74 Å². The third kappa shape index (κ3) is 1.72. The first-order valence-electron chi connectivity index (χ1n) is 6.25. The third-order valence-electron chi connectivity index (χ3n) is 3.93. The highest BCUT2D eigenvalue weighted by Gasteiger charge is 2.49. The number of esters is 1. The van der Waals surface area contributed by atoms with E-state index in [2.05, 4.69) is 40.7 Å². The zero-order valence-electron chi connectivity index (χ0n) is 10.1. The summed E-state index contributed by atoms with van der Waals surface area (Å²) in [4.78, 5) is 11.7. The molecular weight excluding hydrogens is 292 g/mol. The van der Waals surface area contributed by atoms with E-state index < -0.39 is 5.60 Å². The fraction of sp³-hybridized carbons (Fsp3) is 0.400. The first-order chi connectivity index (χ1) is 8.62. The number of carbonyl (C=O) groups excluding carboxylic acids is 1. The average Bonchev–Trinajstić information content (AvgIpc) is 2.58. The number of benzene rings is 1. The lowest BCUT2D eigenvalue weighted by Gasteiger charge is -2.31. The van der Waals surface area contributed by atoms with E-state index >= 15 is 0 Å². The summed E-state index contributed by atoms with van der Waals surface area (Å²) in [5.41, 5.74) is 2.77. The maximum atomic E-state index is 11.7. The van der Waals surface area contributed by atoms with E-state index in [-0.39, 0.29) is 10.8 Å². The van der Waals surface area contributed by atoms with Crippen molar-refractivity contribution in [2.24, 2.45) is 0 Å². The molecule has 0 radical (unpaired) electrons. The van der Waals surface area contributed by atoms with Gasteiger partial charge >= 0.3 is 5.97 Å². The van der Waals surface area contributed by atoms with E-state index in [1.165, 1.54) is 11.1 Å². The van der Waals surface area contributed by atoms with Gasteiger partial charge in [0.1, 0.15) is 5.60 Å². The number of hydrogen-bond acceptors (Lipinski definition) is 2. The minimum Gasteiger partial charge on any atom is -0.454 e. The van der Waals surface area contributed by atoms with E-state index in [0.29, 0.717) is 12.0 Å². The van der Waals surface area contributed by atoms with Gasteiger partial charge in [-0.25, -0.2) is 4.79 Å². The van der Waals surface area contributed by atoms with Gasteiger partial charge in [-0.3, -0.25) is 0 Å². The third-order valence-corrected chi connectivity index (χ3v) is 5.26. The summed E-state index contributed by atoms with van der Waals surface area (Å²) in [5.74, 6) is -0.237. The van der Waals surface area contributed by atoms with Crippen molar-refractivity contribution in [3.05, 3.63) is 47.5 Å². The minimum absolute atomic E-state index is 0.0619. The summed E-state index contributed by atoms with van der Waals surface area (Å²) >= 11 is 3.76. The topological polar surface area (TPSA) is 26.3 Å². The Morgan fingerprint density at radius 2 is 2.17 bits per heavy atom. The van der Waals surface area contributed by atoms with E-state index in [1.54, 1.807) is 0 Å². The predicted octanol–water partition coefficient (Wildman–Crippen LogP) is 3.70. The number of fused-ring (bicyclic) bond motifs is 1. The van der Waals surface area contributed by atoms with Crippen molar-refractivity contribution in [3.63, 3.8) is 0 Å². The monoisotopic (exact) mass is 306 g/mol. The molecule has 1 heterocycles. The highest BCUT2D eigenvalue weighted by Crippen LogP contribution is 2.50. The summed E-state index contributed by atoms with van der Waals surface area (Å²) in [6, 6.07) is 8.39. The first kappa shape index (κ1) is 12.0. The van der Waals surface area contributed by atoms with Gasteiger partial charge in [0.25, 0.3) is 0 Å². The van der Waals surface area contributed by atoms with Crippen LogP contribution in [-0.4, -0.2) is 11.6 Å². The molecule has 0 N–H and O–H groups in total. The lowest BCUT2D eigenvalue weighted by molar-refractivity contribution is -0.146. The Kier molecular flexibility index (Phi) is 2.81. The van der Waals surface area contributed by atoms with Gasteiger partial charge in [0.2, 0.25) is 0 Å². The number of halogens is 1. The Hall–Kier alpha value is -1.09. The second kappa shape index (κ2) is 4.23. The molecule has 3 rings (SSSR count). The fourth-order valence-electron chi connectivity index (χ4n) is 3.00. The standard InChI is InChI=1S/C15H15BrO2/c1-10-9-15(18-14(10)17)8-4-6-11-5-2-3-7-12(11)13(15)16/h2-3,5,7,13H,1,4,6,8-9H2/t13-,15+/m0/s1. The zero-order valence-corrected chi connectivity index (χ0v) is 11.7. The molecule has 0 bridgehead atoms. The van der Waals surface area contributed by atoms with Crippen LogP contribution in [0.1, 0.15) is 35.2 Å². The number of carbonyl (C=O) groups is 1. The van der Waals surface area contributed by atoms with Gasteiger partial charge in [-0.05, 0) is 30.4 Å². The fourth-order valence-corrected chi connectivity index (χ4v) is 3.94. The van der Waals surface area contributed by atoms with Gasteiger partial charge in [-0.1, -0.05) is 46.8 Å². The van der Waals surface area contributed by atoms with Crippen LogP contribution in [0.5, 0.6) is 0 Å². The number of ether oxygens (including phenoxy) is 1. The van der Waals surface area contributed by atoms with Crippen LogP contribution in [-0.2, 0) is 16.0 Å². The Bertz CT molecular complexity index is 505. The van der Waals surface area contributed by atoms with Crippen LogP contribution in [0.3, 0.4) is 0 Å². The van der Waals surface area contributed by atoms with Crippen molar-refractivity contribution in [3.8, 4) is 0 Å². The summed E-state index contributed by atoms with van der Waals surface area (Å²) in [5, 5.41) is 0. The van der Waals surface area contributed by atoms with Crippen molar-refractivity contribution >= 4 is 21.9 Å². The molecule has 2 atom stereocenters. The molecule has 2 aliphatic rings. The number of alkyl halides is 1. The highest BCUT2D eigenvalue weighted by atomic mass is 79.9. The first-order valence-corrected chi connectivity index (χ1v) is 7.17. The Morgan fingerprint density at radius 1 is 1.39 bits per heavy atom. The molecule has 0 saturated carbocycles. The quantitative estimate of drug-likeness (QED) is 0.415. The Balaban J connectivity index is 2.04. The molecule has 0 aromatic heterocycles. The molecule has 1 aromatic carbocycles. The molecule has 1 aliphatic heterocycles. The molecule has 1 aliphatic carbocycles. The predicted molar refractivity (Wildman–Crippen MR) is 73.6 cm³/mol. The lowest BCUT2D eigenvalue weighted by Crippen LogP contribution is -2.32. The maximum absolute atomic E-state index is 11.7. The molecule has 1 aromatic rings. The molecule has 1 fully saturated rings. The SMILES string of the molecule is C=C1C[C@@]2(CCCc3ccccc3[C@@H]2Br)OC1=O. The molecular formula is C15H15BrO2. The largest absolute Gasteiger partial charge is 0.454 e. The maximum Gasteiger partial charge on any atom is 0.334 e. The lowest BCUT2D eigenvalue weighted by atomic mass is 9.88. The van der Waals surface area contributed by atoms with Gasteiger partial charge in [-0.15, -0.1) is 0 Å². The van der Waals surface area contributed by atoms with Crippen molar-refractivity contribution in [1.82, 2.24) is 0 Å². The average molecular weight is 307 g/mol. The summed E-state index contributed by atoms with van der Waals surface area (Å²) in [6.07, 6.45) is 3.61. The molecule has 1 saturated heterocycles. The van der Waals surface area contributed by atoms with Crippen molar-refractivity contribution in [1.29, 1.82) is 0 Å². The van der Waals surface area contributed by atoms with Crippen LogP contribution >= 0.6 is 15.9 Å². The molecule has 1 spiro atoms. The van der Waals surface area contributed by atoms with Gasteiger partial charge in [-0.2, -0.15) is 0 Å².